The topological polar surface area (TPSA) is 247 Å². The van der Waals surface area contributed by atoms with E-state index in [9.17, 15) is 24.0 Å². The number of imidazole rings is 2. The second kappa shape index (κ2) is 28.8. The molecule has 0 unspecified atom stereocenters. The number of fused-ring (bicyclic) bond motifs is 10. The Kier molecular flexibility index (Phi) is 19.4. The van der Waals surface area contributed by atoms with Crippen LogP contribution in [0.3, 0.4) is 0 Å². The lowest BCUT2D eigenvalue weighted by Crippen LogP contribution is -2.57. The maximum Gasteiger partial charge on any atom is 0.411 e. The smallest absolute Gasteiger partial charge is 0.411 e. The Hall–Kier alpha value is -9.21. The minimum atomic E-state index is -0.696. The summed E-state index contributed by atoms with van der Waals surface area (Å²) < 4.78 is 28.0. The van der Waals surface area contributed by atoms with Gasteiger partial charge in [-0.25, -0.2) is 24.4 Å². The van der Waals surface area contributed by atoms with E-state index < -0.39 is 29.9 Å². The fourth-order valence-electron chi connectivity index (χ4n) is 18.1. The number of aliphatic imine (C=N–C) groups is 2. The van der Waals surface area contributed by atoms with E-state index in [2.05, 4.69) is 93.4 Å². The molecule has 2 aromatic heterocycles. The lowest BCUT2D eigenvalue weighted by Gasteiger charge is -2.38. The van der Waals surface area contributed by atoms with Crippen molar-refractivity contribution in [1.82, 2.24) is 45.3 Å². The number of hydrogen-bond donors (Lipinski definition) is 4. The highest BCUT2D eigenvalue weighted by Gasteiger charge is 2.54. The first-order chi connectivity index (χ1) is 49.8. The zero-order valence-corrected chi connectivity index (χ0v) is 60.8. The van der Waals surface area contributed by atoms with Gasteiger partial charge >= 0.3 is 18.3 Å². The number of amides is 5. The predicted octanol–water partition coefficient (Wildman–Crippen LogP) is 15.2. The number of nitrogens with zero attached hydrogens (tertiary/aromatic N) is 7. The number of rotatable bonds is 14. The summed E-state index contributed by atoms with van der Waals surface area (Å²) >= 11 is 0. The molecular formula is C82H97N11O10. The average molecular weight is 1400 g/mol. The highest BCUT2D eigenvalue weighted by Crippen LogP contribution is 2.49. The Morgan fingerprint density at radius 2 is 0.990 bits per heavy atom. The third-order valence-corrected chi connectivity index (χ3v) is 23.2. The number of nitrogens with one attached hydrogen (secondary N) is 4. The molecule has 0 radical (unpaired) electrons. The molecule has 3 saturated heterocycles. The lowest BCUT2D eigenvalue weighted by molar-refractivity contribution is -0.137. The van der Waals surface area contributed by atoms with Gasteiger partial charge in [0, 0.05) is 61.2 Å². The van der Waals surface area contributed by atoms with Crippen LogP contribution in [0.4, 0.5) is 14.4 Å². The van der Waals surface area contributed by atoms with Gasteiger partial charge < -0.3 is 54.1 Å². The number of likely N-dealkylation sites (tertiary alicyclic amines) is 3. The first-order valence-corrected chi connectivity index (χ1v) is 37.4. The molecule has 9 atom stereocenters. The number of allylic oxidation sites excluding steroid dienone is 2. The summed E-state index contributed by atoms with van der Waals surface area (Å²) in [6.45, 7) is 16.2. The molecule has 4 bridgehead atoms. The molecule has 4 N–H and O–H groups in total. The van der Waals surface area contributed by atoms with Crippen LogP contribution < -0.4 is 10.6 Å². The molecule has 7 aliphatic heterocycles. The number of methoxy groups -OCH3 is 2. The lowest BCUT2D eigenvalue weighted by atomic mass is 9.88. The van der Waals surface area contributed by atoms with Crippen molar-refractivity contribution in [2.75, 3.05) is 20.8 Å². The number of benzene rings is 4. The van der Waals surface area contributed by atoms with Gasteiger partial charge in [0.2, 0.25) is 11.8 Å². The number of H-pyrrole nitrogens is 2. The molecule has 3 saturated carbocycles. The van der Waals surface area contributed by atoms with E-state index in [1.165, 1.54) is 73.3 Å². The first-order valence-electron chi connectivity index (χ1n) is 37.4. The summed E-state index contributed by atoms with van der Waals surface area (Å²) in [5.74, 6) is 2.85. The Labute approximate surface area is 603 Å². The zero-order valence-electron chi connectivity index (χ0n) is 60.8. The molecule has 6 aromatic rings. The van der Waals surface area contributed by atoms with Gasteiger partial charge in [-0.05, 0) is 211 Å². The van der Waals surface area contributed by atoms with Crippen molar-refractivity contribution in [2.24, 2.45) is 33.7 Å². The van der Waals surface area contributed by atoms with Gasteiger partial charge in [-0.1, -0.05) is 89.1 Å². The summed E-state index contributed by atoms with van der Waals surface area (Å²) in [5, 5.41) is 5.49. The van der Waals surface area contributed by atoms with Crippen LogP contribution in [0.5, 0.6) is 0 Å². The maximum atomic E-state index is 14.0. The van der Waals surface area contributed by atoms with Crippen LogP contribution >= 0.6 is 0 Å². The first kappa shape index (κ1) is 69.5. The third-order valence-electron chi connectivity index (χ3n) is 23.2. The van der Waals surface area contributed by atoms with Crippen LogP contribution in [0.25, 0.3) is 55.9 Å². The number of alkyl carbamates (subject to hydrolysis) is 2. The Balaban J connectivity index is 0.000000173. The van der Waals surface area contributed by atoms with Gasteiger partial charge in [0.25, 0.3) is 0 Å². The minimum Gasteiger partial charge on any atom is -0.453 e. The fourth-order valence-corrected chi connectivity index (χ4v) is 18.1. The highest BCUT2D eigenvalue weighted by atomic mass is 16.6. The number of ether oxygens (including phenoxy) is 5. The molecule has 9 heterocycles. The number of aromatic amines is 2. The van der Waals surface area contributed by atoms with Crippen molar-refractivity contribution in [3.05, 3.63) is 143 Å². The quantitative estimate of drug-likeness (QED) is 0.0744. The van der Waals surface area contributed by atoms with Gasteiger partial charge in [-0.15, -0.1) is 0 Å². The number of carbonyl (C=O) groups is 5. The predicted molar refractivity (Wildman–Crippen MR) is 394 cm³/mol. The molecule has 21 heteroatoms. The van der Waals surface area contributed by atoms with Crippen molar-refractivity contribution < 1.29 is 47.7 Å². The van der Waals surface area contributed by atoms with Crippen LogP contribution in [-0.4, -0.2) is 139 Å². The molecule has 0 spiro atoms. The standard InChI is InChI=1S/C45H55N7O7.C37H42N4O3/c1-24(2)38(49-44(55)57-5)42(53)51-15-7-8-37(51)41-47-21-36(48-41)27-11-14-34-31(17-27)23-59-22-30-16-26(10-13-33(30)34)29-19-35(46-20-29)40-28-9-12-32(18-28)52(40)43(54)39(25(3)4)50-45(56)58-6;1-37(2,3)44-36(42)41-29-11-8-25(16-29)34(41)32-17-26(18-38-32)23-9-12-30-27(14-23)20-43-21-28-15-24(10-13-31(28)30)33-19-39-35(40-33)22-6-4-5-7-22/h10-11,13-14,16-17,20-21,24-25,28,32,37-40H,7-9,12,15,18-19,22-23H2,1-6H3,(H,47,48)(H,49,55)(H,50,56);9-10,12-15,18-19,22,25,29,34H,4-8,11,16-17,20-21H2,1-3H3,(H,39,40)/t28-,32+,37-,38-,39-,40-;25-,29+,34-/m00/s1. The van der Waals surface area contributed by atoms with Gasteiger partial charge in [0.15, 0.2) is 0 Å². The molecule has 16 rings (SSSR count). The normalized spacial score (nSPS) is 23.7. The Morgan fingerprint density at radius 3 is 1.48 bits per heavy atom. The summed E-state index contributed by atoms with van der Waals surface area (Å²) in [6.07, 6.45) is 20.8. The van der Waals surface area contributed by atoms with E-state index in [1.807, 2.05) is 88.0 Å². The average Bonchev–Trinajstić information content (AvgIpc) is 1.61. The molecule has 4 aromatic carbocycles. The van der Waals surface area contributed by atoms with E-state index in [0.717, 1.165) is 137 Å². The molecule has 5 amide bonds. The molecular weight excluding hydrogens is 1300 g/mol. The van der Waals surface area contributed by atoms with E-state index >= 15 is 0 Å². The molecule has 103 heavy (non-hydrogen) atoms. The van der Waals surface area contributed by atoms with E-state index in [4.69, 9.17) is 43.6 Å². The number of piperidine rings is 2. The van der Waals surface area contributed by atoms with Crippen molar-refractivity contribution in [1.29, 1.82) is 0 Å². The SMILES string of the molecule is CC(C)(C)OC(=O)N1[C@@H]2CC[C@@H](C2)[C@H]1C1=NC=C(c2ccc3c(c2)COCc2cc(-c4cnc(C5CCCC5)[nH]4)ccc2-3)C1.COC(=O)N[C@H](C(=O)N1CCC[C@H]1c1ncc(-c2ccc3c(c2)COCc2cc(C4=CN=C([C@@H]5[C@H]6CC[C@H](C6)N5C(=O)[C@@H](NC(=O)OC)C(C)C)C4)ccc2-3)[nH]1)C(C)C. The molecule has 3 aliphatic carbocycles. The second-order valence-corrected chi connectivity index (χ2v) is 31.6. The highest BCUT2D eigenvalue weighted by molar-refractivity contribution is 6.05. The van der Waals surface area contributed by atoms with Crippen molar-refractivity contribution in [2.45, 2.75) is 219 Å². The van der Waals surface area contributed by atoms with E-state index in [0.29, 0.717) is 57.1 Å². The number of carbonyl (C=O) groups excluding carboxylic acids is 5. The van der Waals surface area contributed by atoms with E-state index in [-0.39, 0.29) is 60.0 Å². The third kappa shape index (κ3) is 13.9. The van der Waals surface area contributed by atoms with E-state index in [1.54, 1.807) is 0 Å². The summed E-state index contributed by atoms with van der Waals surface area (Å²) in [7, 11) is 2.61. The van der Waals surface area contributed by atoms with Crippen LogP contribution in [0, 0.1) is 23.7 Å². The maximum absolute atomic E-state index is 14.0. The Morgan fingerprint density at radius 1 is 0.544 bits per heavy atom. The minimum absolute atomic E-state index is 0.0340. The van der Waals surface area contributed by atoms with Gasteiger partial charge in [0.1, 0.15) is 29.3 Å². The van der Waals surface area contributed by atoms with Crippen LogP contribution in [0.2, 0.25) is 0 Å². The largest absolute Gasteiger partial charge is 0.453 e. The zero-order chi connectivity index (χ0) is 71.5. The summed E-state index contributed by atoms with van der Waals surface area (Å²) in [5.41, 5.74) is 19.5. The van der Waals surface area contributed by atoms with Crippen molar-refractivity contribution in [3.8, 4) is 44.8 Å². The van der Waals surface area contributed by atoms with Crippen LogP contribution in [0.1, 0.15) is 195 Å². The molecule has 6 fully saturated rings. The second-order valence-electron chi connectivity index (χ2n) is 31.6. The molecule has 540 valence electrons. The Bertz CT molecular complexity index is 4410. The number of aromatic nitrogens is 4. The van der Waals surface area contributed by atoms with Crippen molar-refractivity contribution >= 4 is 52.7 Å². The monoisotopic (exact) mass is 1400 g/mol. The van der Waals surface area contributed by atoms with Crippen LogP contribution in [0.15, 0.2) is 108 Å². The van der Waals surface area contributed by atoms with Crippen molar-refractivity contribution in [3.63, 3.8) is 0 Å². The summed E-state index contributed by atoms with van der Waals surface area (Å²) in [4.78, 5) is 97.4. The fraction of sp³-hybridized carbons (Fsp3) is 0.500. The van der Waals surface area contributed by atoms with Gasteiger partial charge in [-0.3, -0.25) is 24.5 Å². The number of hydrogen-bond acceptors (Lipinski definition) is 14. The van der Waals surface area contributed by atoms with Gasteiger partial charge in [0.05, 0.1) is 82.6 Å². The molecule has 21 nitrogen and oxygen atoms in total. The summed E-state index contributed by atoms with van der Waals surface area (Å²) in [6, 6.07) is 25.2. The van der Waals surface area contributed by atoms with Gasteiger partial charge in [-0.2, -0.15) is 0 Å². The van der Waals surface area contributed by atoms with Crippen LogP contribution in [-0.2, 0) is 59.7 Å². The molecule has 10 aliphatic rings.